The number of likely N-dealkylation sites (N-methyl/N-ethyl adjacent to an activating group) is 1. The van der Waals surface area contributed by atoms with E-state index < -0.39 is 10.0 Å². The average molecular weight is 431 g/mol. The van der Waals surface area contributed by atoms with E-state index in [1.807, 2.05) is 0 Å². The van der Waals surface area contributed by atoms with Gasteiger partial charge in [0.15, 0.2) is 0 Å². The normalized spacial score (nSPS) is 16.7. The van der Waals surface area contributed by atoms with Crippen molar-refractivity contribution in [3.63, 3.8) is 0 Å². The zero-order chi connectivity index (χ0) is 20.9. The molecular weight excluding hydrogens is 400 g/mol. The van der Waals surface area contributed by atoms with Crippen LogP contribution in [0.25, 0.3) is 0 Å². The van der Waals surface area contributed by atoms with E-state index in [9.17, 15) is 13.2 Å². The molecule has 0 bridgehead atoms. The summed E-state index contributed by atoms with van der Waals surface area (Å²) >= 11 is 6.15. The standard InChI is InChI=1S/C19H31ClN4O3S/c1-15(2)23(4)28(26,27)16-6-7-18(20)17(14-16)19(25)21-8-5-9-24-12-10-22(3)11-13-24/h6-7,14-15H,5,8-13H2,1-4H3,(H,21,25). The largest absolute Gasteiger partial charge is 0.352 e. The van der Waals surface area contributed by atoms with E-state index >= 15 is 0 Å². The molecule has 9 heteroatoms. The Balaban J connectivity index is 1.95. The van der Waals surface area contributed by atoms with Gasteiger partial charge in [-0.1, -0.05) is 11.6 Å². The van der Waals surface area contributed by atoms with Crippen molar-refractivity contribution in [2.24, 2.45) is 0 Å². The highest BCUT2D eigenvalue weighted by molar-refractivity contribution is 7.89. The quantitative estimate of drug-likeness (QED) is 0.636. The number of rotatable bonds is 8. The predicted molar refractivity (Wildman–Crippen MR) is 112 cm³/mol. The minimum Gasteiger partial charge on any atom is -0.352 e. The Morgan fingerprint density at radius 3 is 2.50 bits per heavy atom. The van der Waals surface area contributed by atoms with Gasteiger partial charge in [0, 0.05) is 45.8 Å². The molecule has 0 atom stereocenters. The molecule has 1 amide bonds. The van der Waals surface area contributed by atoms with E-state index in [0.29, 0.717) is 6.54 Å². The topological polar surface area (TPSA) is 73.0 Å². The first-order valence-corrected chi connectivity index (χ1v) is 11.4. The summed E-state index contributed by atoms with van der Waals surface area (Å²) in [7, 11) is -0.0310. The Labute approximate surface area is 173 Å². The highest BCUT2D eigenvalue weighted by Gasteiger charge is 2.25. The van der Waals surface area contributed by atoms with Crippen LogP contribution in [0.2, 0.25) is 5.02 Å². The molecule has 1 aromatic rings. The van der Waals surface area contributed by atoms with Crippen LogP contribution >= 0.6 is 11.6 Å². The van der Waals surface area contributed by atoms with E-state index in [2.05, 4.69) is 22.2 Å². The van der Waals surface area contributed by atoms with Crippen LogP contribution < -0.4 is 5.32 Å². The maximum absolute atomic E-state index is 12.7. The molecule has 1 fully saturated rings. The number of nitrogens with one attached hydrogen (secondary N) is 1. The van der Waals surface area contributed by atoms with Crippen LogP contribution in [0.4, 0.5) is 0 Å². The number of piperazine rings is 1. The van der Waals surface area contributed by atoms with Crippen molar-refractivity contribution in [1.29, 1.82) is 0 Å². The fraction of sp³-hybridized carbons (Fsp3) is 0.632. The molecule has 0 unspecified atom stereocenters. The first kappa shape index (κ1) is 23.1. The van der Waals surface area contributed by atoms with Crippen LogP contribution in [0.3, 0.4) is 0 Å². The molecule has 7 nitrogen and oxygen atoms in total. The lowest BCUT2D eigenvalue weighted by Gasteiger charge is -2.32. The number of sulfonamides is 1. The monoisotopic (exact) mass is 430 g/mol. The summed E-state index contributed by atoms with van der Waals surface area (Å²) in [6, 6.07) is 4.06. The summed E-state index contributed by atoms with van der Waals surface area (Å²) < 4.78 is 26.6. The zero-order valence-electron chi connectivity index (χ0n) is 17.1. The van der Waals surface area contributed by atoms with E-state index in [4.69, 9.17) is 11.6 Å². The highest BCUT2D eigenvalue weighted by atomic mass is 35.5. The number of halogens is 1. The molecule has 1 aliphatic rings. The number of hydrogen-bond donors (Lipinski definition) is 1. The third kappa shape index (κ3) is 5.90. The molecule has 158 valence electrons. The van der Waals surface area contributed by atoms with Gasteiger partial charge in [0.1, 0.15) is 0 Å². The molecule has 1 aliphatic heterocycles. The van der Waals surface area contributed by atoms with Gasteiger partial charge in [-0.2, -0.15) is 4.31 Å². The maximum Gasteiger partial charge on any atom is 0.252 e. The second-order valence-electron chi connectivity index (χ2n) is 7.51. The third-order valence-electron chi connectivity index (χ3n) is 5.12. The van der Waals surface area contributed by atoms with Crippen LogP contribution in [-0.4, -0.2) is 87.8 Å². The zero-order valence-corrected chi connectivity index (χ0v) is 18.7. The molecule has 0 saturated carbocycles. The van der Waals surface area contributed by atoms with Crippen LogP contribution in [-0.2, 0) is 10.0 Å². The van der Waals surface area contributed by atoms with E-state index in [0.717, 1.165) is 39.1 Å². The van der Waals surface area contributed by atoms with Crippen molar-refractivity contribution in [3.8, 4) is 0 Å². The maximum atomic E-state index is 12.7. The van der Waals surface area contributed by atoms with Crippen molar-refractivity contribution in [2.75, 3.05) is 53.4 Å². The van der Waals surface area contributed by atoms with E-state index in [-0.39, 0.29) is 27.4 Å². The first-order valence-electron chi connectivity index (χ1n) is 9.59. The molecular formula is C19H31ClN4O3S. The van der Waals surface area contributed by atoms with Gasteiger partial charge in [-0.25, -0.2) is 8.42 Å². The Morgan fingerprint density at radius 2 is 1.89 bits per heavy atom. The summed E-state index contributed by atoms with van der Waals surface area (Å²) in [6.07, 6.45) is 0.834. The van der Waals surface area contributed by atoms with Gasteiger partial charge in [-0.05, 0) is 52.1 Å². The van der Waals surface area contributed by atoms with Crippen LogP contribution in [0, 0.1) is 0 Å². The summed E-state index contributed by atoms with van der Waals surface area (Å²) in [4.78, 5) is 17.3. The SMILES string of the molecule is CC(C)N(C)S(=O)(=O)c1ccc(Cl)c(C(=O)NCCCN2CCN(C)CC2)c1. The number of amides is 1. The van der Waals surface area contributed by atoms with Crippen molar-refractivity contribution in [1.82, 2.24) is 19.4 Å². The molecule has 1 N–H and O–H groups in total. The average Bonchev–Trinajstić information content (AvgIpc) is 2.65. The second-order valence-corrected chi connectivity index (χ2v) is 9.92. The number of benzene rings is 1. The Hall–Kier alpha value is -1.19. The first-order chi connectivity index (χ1) is 13.1. The van der Waals surface area contributed by atoms with Gasteiger partial charge in [0.05, 0.1) is 15.5 Å². The molecule has 0 aliphatic carbocycles. The van der Waals surface area contributed by atoms with Crippen molar-refractivity contribution in [2.45, 2.75) is 31.2 Å². The smallest absolute Gasteiger partial charge is 0.252 e. The highest BCUT2D eigenvalue weighted by Crippen LogP contribution is 2.23. The molecule has 0 spiro atoms. The summed E-state index contributed by atoms with van der Waals surface area (Å²) in [6.45, 7) is 9.24. The number of nitrogens with zero attached hydrogens (tertiary/aromatic N) is 3. The summed E-state index contributed by atoms with van der Waals surface area (Å²) in [5, 5.41) is 3.09. The Morgan fingerprint density at radius 1 is 1.25 bits per heavy atom. The van der Waals surface area contributed by atoms with Crippen LogP contribution in [0.1, 0.15) is 30.6 Å². The minimum absolute atomic E-state index is 0.0655. The van der Waals surface area contributed by atoms with Gasteiger partial charge < -0.3 is 15.1 Å². The van der Waals surface area contributed by atoms with Crippen LogP contribution in [0.5, 0.6) is 0 Å². The number of carbonyl (C=O) groups is 1. The predicted octanol–water partition coefficient (Wildman–Crippen LogP) is 1.74. The Bertz CT molecular complexity index is 777. The van der Waals surface area contributed by atoms with Crippen molar-refractivity contribution in [3.05, 3.63) is 28.8 Å². The van der Waals surface area contributed by atoms with Gasteiger partial charge >= 0.3 is 0 Å². The lowest BCUT2D eigenvalue weighted by Crippen LogP contribution is -2.45. The fourth-order valence-electron chi connectivity index (χ4n) is 2.95. The summed E-state index contributed by atoms with van der Waals surface area (Å²) in [5.41, 5.74) is 0.180. The van der Waals surface area contributed by atoms with E-state index in [1.54, 1.807) is 13.8 Å². The number of carbonyl (C=O) groups excluding carboxylic acids is 1. The fourth-order valence-corrected chi connectivity index (χ4v) is 4.55. The van der Waals surface area contributed by atoms with Crippen molar-refractivity contribution >= 4 is 27.5 Å². The lowest BCUT2D eigenvalue weighted by atomic mass is 10.2. The molecule has 0 aromatic heterocycles. The molecule has 1 aromatic carbocycles. The van der Waals surface area contributed by atoms with Crippen molar-refractivity contribution < 1.29 is 13.2 Å². The molecule has 28 heavy (non-hydrogen) atoms. The minimum atomic E-state index is -3.67. The lowest BCUT2D eigenvalue weighted by molar-refractivity contribution is 0.0949. The van der Waals surface area contributed by atoms with Gasteiger partial charge in [-0.3, -0.25) is 4.79 Å². The summed E-state index contributed by atoms with van der Waals surface area (Å²) in [5.74, 6) is -0.354. The number of hydrogen-bond acceptors (Lipinski definition) is 5. The molecule has 2 rings (SSSR count). The molecule has 0 radical (unpaired) electrons. The van der Waals surface area contributed by atoms with Gasteiger partial charge in [-0.15, -0.1) is 0 Å². The van der Waals surface area contributed by atoms with Crippen LogP contribution in [0.15, 0.2) is 23.1 Å². The third-order valence-corrected chi connectivity index (χ3v) is 7.48. The Kier molecular flexibility index (Phi) is 8.27. The second kappa shape index (κ2) is 10.0. The molecule has 1 saturated heterocycles. The van der Waals surface area contributed by atoms with Gasteiger partial charge in [0.25, 0.3) is 5.91 Å². The van der Waals surface area contributed by atoms with Gasteiger partial charge in [0.2, 0.25) is 10.0 Å². The van der Waals surface area contributed by atoms with E-state index in [1.165, 1.54) is 29.6 Å². The molecule has 1 heterocycles.